The van der Waals surface area contributed by atoms with Crippen molar-refractivity contribution in [3.8, 4) is 11.3 Å². The number of H-pyrrole nitrogens is 1. The minimum Gasteiger partial charge on any atom is -0.478 e. The predicted molar refractivity (Wildman–Crippen MR) is 67.7 cm³/mol. The molecule has 0 saturated carbocycles. The van der Waals surface area contributed by atoms with E-state index < -0.39 is 11.9 Å². The second-order valence-corrected chi connectivity index (χ2v) is 3.77. The summed E-state index contributed by atoms with van der Waals surface area (Å²) in [6.45, 7) is 0. The van der Waals surface area contributed by atoms with Gasteiger partial charge in [0.05, 0.1) is 5.69 Å². The second kappa shape index (κ2) is 5.18. The SMILES string of the molecule is O=C(O)C=Cc1ccc(-c2cc(C(=O)O)[nH]n2)cc1. The van der Waals surface area contributed by atoms with E-state index in [1.807, 2.05) is 0 Å². The van der Waals surface area contributed by atoms with E-state index in [9.17, 15) is 9.59 Å². The fourth-order valence-electron chi connectivity index (χ4n) is 1.51. The summed E-state index contributed by atoms with van der Waals surface area (Å²) < 4.78 is 0. The van der Waals surface area contributed by atoms with Crippen LogP contribution in [-0.4, -0.2) is 32.3 Å². The summed E-state index contributed by atoms with van der Waals surface area (Å²) in [5.41, 5.74) is 2.02. The third-order valence-electron chi connectivity index (χ3n) is 2.43. The highest BCUT2D eigenvalue weighted by atomic mass is 16.4. The lowest BCUT2D eigenvalue weighted by Gasteiger charge is -1.97. The molecule has 0 aliphatic carbocycles. The maximum Gasteiger partial charge on any atom is 0.353 e. The van der Waals surface area contributed by atoms with Crippen molar-refractivity contribution >= 4 is 18.0 Å². The Bertz CT molecular complexity index is 641. The first-order valence-electron chi connectivity index (χ1n) is 5.36. The third-order valence-corrected chi connectivity index (χ3v) is 2.43. The van der Waals surface area contributed by atoms with Crippen molar-refractivity contribution in [2.45, 2.75) is 0 Å². The Labute approximate surface area is 108 Å². The van der Waals surface area contributed by atoms with Crippen molar-refractivity contribution in [2.24, 2.45) is 0 Å². The van der Waals surface area contributed by atoms with E-state index in [-0.39, 0.29) is 5.69 Å². The molecule has 1 heterocycles. The zero-order valence-corrected chi connectivity index (χ0v) is 9.70. The number of carboxylic acids is 2. The topological polar surface area (TPSA) is 103 Å². The molecule has 0 fully saturated rings. The number of carbonyl (C=O) groups is 2. The molecule has 2 aromatic rings. The number of aromatic amines is 1. The van der Waals surface area contributed by atoms with E-state index in [0.29, 0.717) is 5.69 Å². The summed E-state index contributed by atoms with van der Waals surface area (Å²) in [7, 11) is 0. The summed E-state index contributed by atoms with van der Waals surface area (Å²) in [6.07, 6.45) is 2.52. The fraction of sp³-hybridized carbons (Fsp3) is 0. The molecule has 0 amide bonds. The first-order chi connectivity index (χ1) is 9.06. The molecule has 6 nitrogen and oxygen atoms in total. The number of nitrogens with one attached hydrogen (secondary N) is 1. The lowest BCUT2D eigenvalue weighted by Crippen LogP contribution is -1.95. The molecule has 2 rings (SSSR count). The highest BCUT2D eigenvalue weighted by molar-refractivity contribution is 5.87. The number of benzene rings is 1. The van der Waals surface area contributed by atoms with Crippen LogP contribution in [0.4, 0.5) is 0 Å². The van der Waals surface area contributed by atoms with Gasteiger partial charge >= 0.3 is 11.9 Å². The van der Waals surface area contributed by atoms with Crippen LogP contribution in [0.5, 0.6) is 0 Å². The summed E-state index contributed by atoms with van der Waals surface area (Å²) in [5, 5.41) is 23.6. The summed E-state index contributed by atoms with van der Waals surface area (Å²) in [5.74, 6) is -2.08. The number of aromatic carboxylic acids is 1. The van der Waals surface area contributed by atoms with Gasteiger partial charge in [-0.05, 0) is 17.7 Å². The van der Waals surface area contributed by atoms with Gasteiger partial charge in [-0.25, -0.2) is 9.59 Å². The maximum absolute atomic E-state index is 10.7. The van der Waals surface area contributed by atoms with Crippen molar-refractivity contribution < 1.29 is 19.8 Å². The van der Waals surface area contributed by atoms with E-state index in [1.165, 1.54) is 12.1 Å². The van der Waals surface area contributed by atoms with Crippen LogP contribution in [0.25, 0.3) is 17.3 Å². The van der Waals surface area contributed by atoms with E-state index in [2.05, 4.69) is 10.2 Å². The minimum atomic E-state index is -1.07. The Hall–Kier alpha value is -2.89. The van der Waals surface area contributed by atoms with Crippen molar-refractivity contribution in [1.29, 1.82) is 0 Å². The van der Waals surface area contributed by atoms with Gasteiger partial charge in [0.15, 0.2) is 0 Å². The van der Waals surface area contributed by atoms with Gasteiger partial charge in [-0.2, -0.15) is 5.10 Å². The minimum absolute atomic E-state index is 0.0184. The summed E-state index contributed by atoms with van der Waals surface area (Å²) in [6, 6.07) is 8.37. The monoisotopic (exact) mass is 258 g/mol. The predicted octanol–water partition coefficient (Wildman–Crippen LogP) is 1.87. The smallest absolute Gasteiger partial charge is 0.353 e. The molecule has 0 spiro atoms. The average molecular weight is 258 g/mol. The van der Waals surface area contributed by atoms with Crippen LogP contribution in [-0.2, 0) is 4.79 Å². The van der Waals surface area contributed by atoms with Crippen LogP contribution >= 0.6 is 0 Å². The van der Waals surface area contributed by atoms with Gasteiger partial charge in [0, 0.05) is 11.6 Å². The van der Waals surface area contributed by atoms with Gasteiger partial charge < -0.3 is 10.2 Å². The van der Waals surface area contributed by atoms with Crippen molar-refractivity contribution in [3.05, 3.63) is 47.7 Å². The lowest BCUT2D eigenvalue weighted by atomic mass is 10.1. The van der Waals surface area contributed by atoms with Crippen molar-refractivity contribution in [3.63, 3.8) is 0 Å². The molecule has 0 atom stereocenters. The average Bonchev–Trinajstić information content (AvgIpc) is 2.86. The van der Waals surface area contributed by atoms with Crippen LogP contribution in [0.15, 0.2) is 36.4 Å². The molecular formula is C13H10N2O4. The van der Waals surface area contributed by atoms with E-state index in [0.717, 1.165) is 17.2 Å². The molecule has 1 aromatic carbocycles. The fourth-order valence-corrected chi connectivity index (χ4v) is 1.51. The number of hydrogen-bond acceptors (Lipinski definition) is 3. The van der Waals surface area contributed by atoms with E-state index in [1.54, 1.807) is 24.3 Å². The lowest BCUT2D eigenvalue weighted by molar-refractivity contribution is -0.131. The molecule has 96 valence electrons. The Balaban J connectivity index is 2.22. The quantitative estimate of drug-likeness (QED) is 0.726. The van der Waals surface area contributed by atoms with Gasteiger partial charge in [0.1, 0.15) is 5.69 Å². The van der Waals surface area contributed by atoms with Gasteiger partial charge in [-0.1, -0.05) is 24.3 Å². The van der Waals surface area contributed by atoms with Crippen LogP contribution in [0.3, 0.4) is 0 Å². The van der Waals surface area contributed by atoms with Crippen molar-refractivity contribution in [2.75, 3.05) is 0 Å². The maximum atomic E-state index is 10.7. The Morgan fingerprint density at radius 2 is 1.84 bits per heavy atom. The van der Waals surface area contributed by atoms with E-state index in [4.69, 9.17) is 10.2 Å². The molecule has 0 bridgehead atoms. The van der Waals surface area contributed by atoms with Crippen LogP contribution in [0, 0.1) is 0 Å². The zero-order chi connectivity index (χ0) is 13.8. The first kappa shape index (κ1) is 12.6. The third kappa shape index (κ3) is 3.06. The molecule has 19 heavy (non-hydrogen) atoms. The van der Waals surface area contributed by atoms with Gasteiger partial charge in [0.2, 0.25) is 0 Å². The van der Waals surface area contributed by atoms with E-state index >= 15 is 0 Å². The highest BCUT2D eigenvalue weighted by Gasteiger charge is 2.08. The number of hydrogen-bond donors (Lipinski definition) is 3. The van der Waals surface area contributed by atoms with Gasteiger partial charge in [0.25, 0.3) is 0 Å². The molecule has 6 heteroatoms. The Kier molecular flexibility index (Phi) is 3.42. The zero-order valence-electron chi connectivity index (χ0n) is 9.70. The molecule has 0 unspecified atom stereocenters. The number of rotatable bonds is 4. The largest absolute Gasteiger partial charge is 0.478 e. The Morgan fingerprint density at radius 3 is 2.37 bits per heavy atom. The molecule has 0 aliphatic rings. The molecular weight excluding hydrogens is 248 g/mol. The molecule has 0 saturated heterocycles. The molecule has 3 N–H and O–H groups in total. The number of carboxylic acid groups (broad SMARTS) is 2. The Morgan fingerprint density at radius 1 is 1.16 bits per heavy atom. The van der Waals surface area contributed by atoms with Gasteiger partial charge in [-0.3, -0.25) is 5.10 Å². The van der Waals surface area contributed by atoms with Crippen LogP contribution < -0.4 is 0 Å². The second-order valence-electron chi connectivity index (χ2n) is 3.77. The number of aromatic nitrogens is 2. The highest BCUT2D eigenvalue weighted by Crippen LogP contribution is 2.18. The first-order valence-corrected chi connectivity index (χ1v) is 5.36. The number of aliphatic carboxylic acids is 1. The molecule has 1 aromatic heterocycles. The normalized spacial score (nSPS) is 10.7. The summed E-state index contributed by atoms with van der Waals surface area (Å²) in [4.78, 5) is 21.1. The van der Waals surface area contributed by atoms with Crippen molar-refractivity contribution in [1.82, 2.24) is 10.2 Å². The van der Waals surface area contributed by atoms with Crippen LogP contribution in [0.2, 0.25) is 0 Å². The number of nitrogens with zero attached hydrogens (tertiary/aromatic N) is 1. The van der Waals surface area contributed by atoms with Gasteiger partial charge in [-0.15, -0.1) is 0 Å². The standard InChI is InChI=1S/C13H10N2O4/c16-12(17)6-3-8-1-4-9(5-2-8)10-7-11(13(18)19)15-14-10/h1-7H,(H,14,15)(H,16,17)(H,18,19). The molecule has 0 radical (unpaired) electrons. The van der Waals surface area contributed by atoms with Crippen LogP contribution in [0.1, 0.15) is 16.1 Å². The molecule has 0 aliphatic heterocycles. The summed E-state index contributed by atoms with van der Waals surface area (Å²) >= 11 is 0.